The summed E-state index contributed by atoms with van der Waals surface area (Å²) >= 11 is 2.86. The molecule has 0 aliphatic heterocycles. The summed E-state index contributed by atoms with van der Waals surface area (Å²) in [6, 6.07) is 6.40. The number of hydrogen-bond acceptors (Lipinski definition) is 6. The Hall–Kier alpha value is -2.58. The third kappa shape index (κ3) is 3.84. The normalized spacial score (nSPS) is 10.9. The second-order valence-electron chi connectivity index (χ2n) is 4.64. The third-order valence-electron chi connectivity index (χ3n) is 3.03. The minimum absolute atomic E-state index is 0.159. The molecule has 8 heteroatoms. The molecule has 0 bridgehead atoms. The van der Waals surface area contributed by atoms with Gasteiger partial charge in [-0.25, -0.2) is 4.39 Å². The highest BCUT2D eigenvalue weighted by molar-refractivity contribution is 7.19. The number of benzene rings is 1. The molecule has 0 unspecified atom stereocenters. The molecule has 0 aliphatic carbocycles. The van der Waals surface area contributed by atoms with Crippen LogP contribution in [0.15, 0.2) is 41.1 Å². The van der Waals surface area contributed by atoms with E-state index in [1.807, 2.05) is 16.8 Å². The predicted octanol–water partition coefficient (Wildman–Crippen LogP) is 4.07. The molecule has 0 radical (unpaired) electrons. The zero-order chi connectivity index (χ0) is 16.9. The number of nitrogens with zero attached hydrogens (tertiary/aromatic N) is 2. The van der Waals surface area contributed by atoms with Crippen LogP contribution < -0.4 is 10.1 Å². The summed E-state index contributed by atoms with van der Waals surface area (Å²) in [6.45, 7) is 0. The van der Waals surface area contributed by atoms with Crippen molar-refractivity contribution >= 4 is 39.8 Å². The molecule has 5 nitrogen and oxygen atoms in total. The molecule has 3 rings (SSSR count). The largest absolute Gasteiger partial charge is 0.494 e. The summed E-state index contributed by atoms with van der Waals surface area (Å²) in [5.74, 6) is -0.685. The summed E-state index contributed by atoms with van der Waals surface area (Å²) in [4.78, 5) is 11.9. The Morgan fingerprint density at radius 3 is 2.92 bits per heavy atom. The fraction of sp³-hybridized carbons (Fsp3) is 0.0625. The first-order chi connectivity index (χ1) is 11.7. The van der Waals surface area contributed by atoms with E-state index >= 15 is 0 Å². The van der Waals surface area contributed by atoms with Crippen molar-refractivity contribution in [3.05, 3.63) is 52.5 Å². The van der Waals surface area contributed by atoms with Gasteiger partial charge in [-0.05, 0) is 35.2 Å². The van der Waals surface area contributed by atoms with Crippen LogP contribution in [0.25, 0.3) is 16.6 Å². The average Bonchev–Trinajstić information content (AvgIpc) is 3.24. The second kappa shape index (κ2) is 7.33. The van der Waals surface area contributed by atoms with Crippen molar-refractivity contribution in [3.63, 3.8) is 0 Å². The van der Waals surface area contributed by atoms with Crippen molar-refractivity contribution in [3.8, 4) is 16.3 Å². The Morgan fingerprint density at radius 2 is 2.21 bits per heavy atom. The number of ether oxygens (including phenoxy) is 1. The van der Waals surface area contributed by atoms with Crippen LogP contribution in [-0.4, -0.2) is 23.2 Å². The van der Waals surface area contributed by atoms with E-state index in [0.717, 1.165) is 10.6 Å². The zero-order valence-electron chi connectivity index (χ0n) is 12.5. The first-order valence-corrected chi connectivity index (χ1v) is 8.60. The molecule has 0 atom stereocenters. The van der Waals surface area contributed by atoms with Crippen molar-refractivity contribution < 1.29 is 13.9 Å². The molecule has 0 spiro atoms. The lowest BCUT2D eigenvalue weighted by atomic mass is 10.2. The van der Waals surface area contributed by atoms with Gasteiger partial charge in [-0.1, -0.05) is 17.4 Å². The Kier molecular flexibility index (Phi) is 4.97. The van der Waals surface area contributed by atoms with E-state index in [9.17, 15) is 9.18 Å². The zero-order valence-corrected chi connectivity index (χ0v) is 14.2. The van der Waals surface area contributed by atoms with Crippen LogP contribution >= 0.6 is 22.7 Å². The van der Waals surface area contributed by atoms with E-state index < -0.39 is 5.82 Å². The van der Waals surface area contributed by atoms with Gasteiger partial charge in [0.2, 0.25) is 11.0 Å². The molecule has 0 saturated carbocycles. The van der Waals surface area contributed by atoms with Crippen LogP contribution in [0.1, 0.15) is 5.56 Å². The topological polar surface area (TPSA) is 64.1 Å². The Morgan fingerprint density at radius 1 is 1.33 bits per heavy atom. The van der Waals surface area contributed by atoms with Gasteiger partial charge >= 0.3 is 0 Å². The molecule has 1 aromatic carbocycles. The summed E-state index contributed by atoms with van der Waals surface area (Å²) in [5, 5.41) is 15.7. The number of amides is 1. The molecule has 2 aromatic heterocycles. The molecule has 24 heavy (non-hydrogen) atoms. The van der Waals surface area contributed by atoms with Crippen LogP contribution in [0.2, 0.25) is 0 Å². The fourth-order valence-electron chi connectivity index (χ4n) is 1.88. The first kappa shape index (κ1) is 16.3. The molecular weight excluding hydrogens is 349 g/mol. The minimum atomic E-state index is -0.482. The van der Waals surface area contributed by atoms with Crippen LogP contribution in [0, 0.1) is 5.82 Å². The van der Waals surface area contributed by atoms with Crippen molar-refractivity contribution in [1.29, 1.82) is 0 Å². The van der Waals surface area contributed by atoms with E-state index in [1.54, 1.807) is 17.4 Å². The van der Waals surface area contributed by atoms with E-state index in [2.05, 4.69) is 15.5 Å². The quantitative estimate of drug-likeness (QED) is 0.696. The Labute approximate surface area is 145 Å². The highest BCUT2D eigenvalue weighted by atomic mass is 32.1. The fourth-order valence-corrected chi connectivity index (χ4v) is 3.34. The summed E-state index contributed by atoms with van der Waals surface area (Å²) in [7, 11) is 1.40. The predicted molar refractivity (Wildman–Crippen MR) is 93.8 cm³/mol. The van der Waals surface area contributed by atoms with Gasteiger partial charge in [0.1, 0.15) is 5.01 Å². The molecule has 2 heterocycles. The van der Waals surface area contributed by atoms with Crippen molar-refractivity contribution in [1.82, 2.24) is 10.2 Å². The second-order valence-corrected chi connectivity index (χ2v) is 6.40. The first-order valence-electron chi connectivity index (χ1n) is 6.84. The maximum Gasteiger partial charge on any atom is 0.250 e. The molecule has 0 saturated heterocycles. The van der Waals surface area contributed by atoms with E-state index in [4.69, 9.17) is 4.74 Å². The number of anilines is 1. The van der Waals surface area contributed by atoms with Gasteiger partial charge in [-0.2, -0.15) is 11.3 Å². The van der Waals surface area contributed by atoms with Crippen LogP contribution in [0.4, 0.5) is 9.52 Å². The molecule has 0 fully saturated rings. The Bertz CT molecular complexity index is 875. The minimum Gasteiger partial charge on any atom is -0.494 e. The van der Waals surface area contributed by atoms with Gasteiger partial charge < -0.3 is 4.74 Å². The number of carbonyl (C=O) groups is 1. The number of thiophene rings is 1. The standard InChI is InChI=1S/C16H12FN3O2S2/c1-22-13-4-2-10(8-12(13)17)3-5-14(21)18-16-20-19-15(24-16)11-6-7-23-9-11/h2-9H,1H3,(H,18,20,21). The molecular formula is C16H12FN3O2S2. The smallest absolute Gasteiger partial charge is 0.250 e. The lowest BCUT2D eigenvalue weighted by Crippen LogP contribution is -2.07. The summed E-state index contributed by atoms with van der Waals surface area (Å²) in [6.07, 6.45) is 2.82. The Balaban J connectivity index is 1.64. The number of hydrogen-bond donors (Lipinski definition) is 1. The lowest BCUT2D eigenvalue weighted by Gasteiger charge is -2.01. The van der Waals surface area contributed by atoms with Crippen molar-refractivity contribution in [2.45, 2.75) is 0 Å². The maximum atomic E-state index is 13.6. The number of carbonyl (C=O) groups excluding carboxylic acids is 1. The van der Waals surface area contributed by atoms with Crippen LogP contribution in [0.5, 0.6) is 5.75 Å². The highest BCUT2D eigenvalue weighted by Gasteiger charge is 2.08. The van der Waals surface area contributed by atoms with E-state index in [0.29, 0.717) is 10.7 Å². The van der Waals surface area contributed by atoms with Crippen molar-refractivity contribution in [2.24, 2.45) is 0 Å². The SMILES string of the molecule is COc1ccc(C=CC(=O)Nc2nnc(-c3ccsc3)s2)cc1F. The monoisotopic (exact) mass is 361 g/mol. The summed E-state index contributed by atoms with van der Waals surface area (Å²) < 4.78 is 18.4. The van der Waals surface area contributed by atoms with Gasteiger partial charge in [0.15, 0.2) is 11.6 Å². The van der Waals surface area contributed by atoms with Crippen molar-refractivity contribution in [2.75, 3.05) is 12.4 Å². The number of aromatic nitrogens is 2. The number of nitrogens with one attached hydrogen (secondary N) is 1. The van der Waals surface area contributed by atoms with Gasteiger partial charge in [-0.15, -0.1) is 10.2 Å². The van der Waals surface area contributed by atoms with Gasteiger partial charge in [0.05, 0.1) is 7.11 Å². The van der Waals surface area contributed by atoms with E-state index in [1.165, 1.54) is 42.7 Å². The number of rotatable bonds is 5. The average molecular weight is 361 g/mol. The molecule has 0 aliphatic rings. The number of methoxy groups -OCH3 is 1. The highest BCUT2D eigenvalue weighted by Crippen LogP contribution is 2.27. The maximum absolute atomic E-state index is 13.6. The van der Waals surface area contributed by atoms with Crippen LogP contribution in [-0.2, 0) is 4.79 Å². The van der Waals surface area contributed by atoms with Gasteiger partial charge in [0, 0.05) is 17.0 Å². The molecule has 1 N–H and O–H groups in total. The number of halogens is 1. The van der Waals surface area contributed by atoms with Gasteiger partial charge in [0.25, 0.3) is 0 Å². The molecule has 122 valence electrons. The summed E-state index contributed by atoms with van der Waals surface area (Å²) in [5.41, 5.74) is 1.53. The lowest BCUT2D eigenvalue weighted by molar-refractivity contribution is -0.111. The molecule has 1 amide bonds. The van der Waals surface area contributed by atoms with Gasteiger partial charge in [-0.3, -0.25) is 10.1 Å². The molecule has 3 aromatic rings. The van der Waals surface area contributed by atoms with E-state index in [-0.39, 0.29) is 11.7 Å². The third-order valence-corrected chi connectivity index (χ3v) is 4.60. The van der Waals surface area contributed by atoms with Crippen LogP contribution in [0.3, 0.4) is 0 Å².